The van der Waals surface area contributed by atoms with Gasteiger partial charge in [-0.3, -0.25) is 4.90 Å². The second-order valence-corrected chi connectivity index (χ2v) is 11.2. The van der Waals surface area contributed by atoms with Crippen molar-refractivity contribution in [3.05, 3.63) is 95.2 Å². The number of sulfonamides is 1. The van der Waals surface area contributed by atoms with Gasteiger partial charge in [0.25, 0.3) is 0 Å². The molecule has 5 rings (SSSR count). The maximum Gasteiger partial charge on any atom is 0.336 e. The minimum absolute atomic E-state index is 0.216. The SMILES string of the molecule is CS(=O)(=O)N1CCN(Cc2ccc(C#Cc3cccc(C(=O)O)c3-c3ccc4[nH]ccc4c3)cc2)CC1. The highest BCUT2D eigenvalue weighted by atomic mass is 32.2. The van der Waals surface area contributed by atoms with E-state index in [9.17, 15) is 18.3 Å². The van der Waals surface area contributed by atoms with Crippen LogP contribution >= 0.6 is 0 Å². The van der Waals surface area contributed by atoms with Crippen LogP contribution in [0.5, 0.6) is 0 Å². The molecule has 1 aromatic heterocycles. The molecule has 0 aliphatic carbocycles. The Morgan fingerprint density at radius 2 is 1.73 bits per heavy atom. The number of rotatable bonds is 5. The van der Waals surface area contributed by atoms with E-state index in [-0.39, 0.29) is 5.56 Å². The first-order valence-corrected chi connectivity index (χ1v) is 13.8. The highest BCUT2D eigenvalue weighted by Gasteiger charge is 2.23. The first kappa shape index (κ1) is 24.8. The fourth-order valence-corrected chi connectivity index (χ4v) is 5.49. The van der Waals surface area contributed by atoms with Crippen LogP contribution in [0.25, 0.3) is 22.0 Å². The molecule has 1 aliphatic heterocycles. The molecule has 0 atom stereocenters. The van der Waals surface area contributed by atoms with E-state index in [4.69, 9.17) is 0 Å². The molecule has 0 unspecified atom stereocenters. The zero-order chi connectivity index (χ0) is 26.0. The Kier molecular flexibility index (Phi) is 6.85. The third kappa shape index (κ3) is 5.59. The van der Waals surface area contributed by atoms with Crippen molar-refractivity contribution >= 4 is 26.9 Å². The summed E-state index contributed by atoms with van der Waals surface area (Å²) in [5.74, 6) is 5.39. The lowest BCUT2D eigenvalue weighted by Gasteiger charge is -2.33. The topological polar surface area (TPSA) is 93.7 Å². The summed E-state index contributed by atoms with van der Waals surface area (Å²) in [6, 6.07) is 20.9. The fourth-order valence-electron chi connectivity index (χ4n) is 4.66. The number of carbonyl (C=O) groups is 1. The molecular weight excluding hydrogens is 486 g/mol. The summed E-state index contributed by atoms with van der Waals surface area (Å²) in [6.45, 7) is 3.17. The molecule has 0 bridgehead atoms. The van der Waals surface area contributed by atoms with Gasteiger partial charge in [-0.1, -0.05) is 36.1 Å². The highest BCUT2D eigenvalue weighted by Crippen LogP contribution is 2.30. The molecule has 0 radical (unpaired) electrons. The summed E-state index contributed by atoms with van der Waals surface area (Å²) in [5, 5.41) is 10.8. The largest absolute Gasteiger partial charge is 0.478 e. The molecule has 2 N–H and O–H groups in total. The third-order valence-electron chi connectivity index (χ3n) is 6.64. The van der Waals surface area contributed by atoms with Gasteiger partial charge in [0.05, 0.1) is 11.8 Å². The van der Waals surface area contributed by atoms with E-state index in [1.165, 1.54) is 10.6 Å². The fraction of sp³-hybridized carbons (Fsp3) is 0.207. The van der Waals surface area contributed by atoms with E-state index in [1.54, 1.807) is 12.1 Å². The van der Waals surface area contributed by atoms with Gasteiger partial charge in [-0.25, -0.2) is 13.2 Å². The third-order valence-corrected chi connectivity index (χ3v) is 7.94. The normalized spacial score (nSPS) is 14.8. The van der Waals surface area contributed by atoms with Crippen LogP contribution in [0.2, 0.25) is 0 Å². The highest BCUT2D eigenvalue weighted by molar-refractivity contribution is 7.88. The zero-order valence-electron chi connectivity index (χ0n) is 20.4. The van der Waals surface area contributed by atoms with Crippen LogP contribution in [0, 0.1) is 11.8 Å². The van der Waals surface area contributed by atoms with Crippen LogP contribution in [0.4, 0.5) is 0 Å². The van der Waals surface area contributed by atoms with Gasteiger partial charge in [0.1, 0.15) is 0 Å². The van der Waals surface area contributed by atoms with Gasteiger partial charge in [0, 0.05) is 61.1 Å². The first-order valence-electron chi connectivity index (χ1n) is 12.0. The molecule has 1 fully saturated rings. The number of hydrogen-bond donors (Lipinski definition) is 2. The monoisotopic (exact) mass is 513 g/mol. The van der Waals surface area contributed by atoms with Crippen LogP contribution < -0.4 is 0 Å². The molecule has 2 heterocycles. The van der Waals surface area contributed by atoms with Crippen molar-refractivity contribution in [1.82, 2.24) is 14.2 Å². The number of aromatic carboxylic acids is 1. The average molecular weight is 514 g/mol. The van der Waals surface area contributed by atoms with Crippen molar-refractivity contribution < 1.29 is 18.3 Å². The Bertz CT molecular complexity index is 1620. The van der Waals surface area contributed by atoms with E-state index < -0.39 is 16.0 Å². The minimum Gasteiger partial charge on any atom is -0.478 e. The van der Waals surface area contributed by atoms with Crippen LogP contribution in [0.1, 0.15) is 27.0 Å². The predicted octanol–water partition coefficient (Wildman–Crippen LogP) is 4.01. The molecule has 4 aromatic rings. The summed E-state index contributed by atoms with van der Waals surface area (Å²) in [5.41, 5.74) is 5.23. The summed E-state index contributed by atoms with van der Waals surface area (Å²) in [4.78, 5) is 17.4. The summed E-state index contributed by atoms with van der Waals surface area (Å²) in [7, 11) is -3.14. The number of piperazine rings is 1. The predicted molar refractivity (Wildman–Crippen MR) is 145 cm³/mol. The van der Waals surface area contributed by atoms with Crippen molar-refractivity contribution in [2.75, 3.05) is 32.4 Å². The Labute approximate surface area is 216 Å². The van der Waals surface area contributed by atoms with Crippen molar-refractivity contribution in [3.63, 3.8) is 0 Å². The summed E-state index contributed by atoms with van der Waals surface area (Å²) >= 11 is 0. The van der Waals surface area contributed by atoms with Crippen LogP contribution in [-0.2, 0) is 16.6 Å². The first-order chi connectivity index (χ1) is 17.8. The van der Waals surface area contributed by atoms with Gasteiger partial charge in [-0.2, -0.15) is 4.31 Å². The lowest BCUT2D eigenvalue weighted by atomic mass is 9.93. The van der Waals surface area contributed by atoms with Crippen LogP contribution in [0.15, 0.2) is 72.9 Å². The molecule has 0 amide bonds. The van der Waals surface area contributed by atoms with Gasteiger partial charge >= 0.3 is 5.97 Å². The van der Waals surface area contributed by atoms with Gasteiger partial charge in [-0.15, -0.1) is 0 Å². The smallest absolute Gasteiger partial charge is 0.336 e. The number of carboxylic acid groups (broad SMARTS) is 1. The summed E-state index contributed by atoms with van der Waals surface area (Å²) in [6.07, 6.45) is 3.11. The van der Waals surface area contributed by atoms with Gasteiger partial charge in [0.2, 0.25) is 10.0 Å². The van der Waals surface area contributed by atoms with E-state index in [0.29, 0.717) is 37.3 Å². The van der Waals surface area contributed by atoms with E-state index >= 15 is 0 Å². The number of H-pyrrole nitrogens is 1. The second kappa shape index (κ2) is 10.2. The molecule has 3 aromatic carbocycles. The van der Waals surface area contributed by atoms with Crippen molar-refractivity contribution in [1.29, 1.82) is 0 Å². The number of carboxylic acids is 1. The number of benzene rings is 3. The van der Waals surface area contributed by atoms with Crippen molar-refractivity contribution in [2.45, 2.75) is 6.54 Å². The average Bonchev–Trinajstić information content (AvgIpc) is 3.36. The van der Waals surface area contributed by atoms with Crippen LogP contribution in [-0.4, -0.2) is 66.1 Å². The maximum absolute atomic E-state index is 12.0. The number of aromatic amines is 1. The lowest BCUT2D eigenvalue weighted by molar-refractivity contribution is 0.0697. The van der Waals surface area contributed by atoms with E-state index in [1.807, 2.05) is 60.8 Å². The molecule has 1 aliphatic rings. The Balaban J connectivity index is 1.36. The van der Waals surface area contributed by atoms with E-state index in [0.717, 1.165) is 34.1 Å². The minimum atomic E-state index is -3.14. The van der Waals surface area contributed by atoms with E-state index in [2.05, 4.69) is 21.7 Å². The molecule has 0 spiro atoms. The number of hydrogen-bond acceptors (Lipinski definition) is 4. The van der Waals surface area contributed by atoms with Gasteiger partial charge < -0.3 is 10.1 Å². The number of nitrogens with zero attached hydrogens (tertiary/aromatic N) is 2. The Morgan fingerprint density at radius 3 is 2.43 bits per heavy atom. The molecule has 1 saturated heterocycles. The molecule has 0 saturated carbocycles. The Morgan fingerprint density at radius 1 is 0.973 bits per heavy atom. The molecule has 8 heteroatoms. The second-order valence-electron chi connectivity index (χ2n) is 9.20. The number of nitrogens with one attached hydrogen (secondary N) is 1. The molecular formula is C29H27N3O4S. The lowest BCUT2D eigenvalue weighted by Crippen LogP contribution is -2.47. The van der Waals surface area contributed by atoms with Gasteiger partial charge in [-0.05, 0) is 59.0 Å². The van der Waals surface area contributed by atoms with Crippen molar-refractivity contribution in [3.8, 4) is 23.0 Å². The zero-order valence-corrected chi connectivity index (χ0v) is 21.3. The standard InChI is InChI=1S/C29H27N3O4S/c1-37(35,36)32-17-15-31(16-18-32)20-22-7-5-21(6-8-22)9-10-23-3-2-4-26(29(33)34)28(23)25-11-12-27-24(19-25)13-14-30-27/h2-8,11-14,19,30H,15-18,20H2,1H3,(H,33,34). The number of fused-ring (bicyclic) bond motifs is 1. The molecule has 37 heavy (non-hydrogen) atoms. The van der Waals surface area contributed by atoms with Crippen molar-refractivity contribution in [2.24, 2.45) is 0 Å². The van der Waals surface area contributed by atoms with Gasteiger partial charge in [0.15, 0.2) is 0 Å². The Hall–Kier alpha value is -3.90. The number of aromatic nitrogens is 1. The summed E-state index contributed by atoms with van der Waals surface area (Å²) < 4.78 is 24.9. The molecule has 188 valence electrons. The molecule has 7 nitrogen and oxygen atoms in total. The maximum atomic E-state index is 12.0. The quantitative estimate of drug-likeness (QED) is 0.394. The van der Waals surface area contributed by atoms with Crippen LogP contribution in [0.3, 0.4) is 0 Å².